The number of piperazine rings is 1. The van der Waals surface area contributed by atoms with Crippen LogP contribution in [-0.2, 0) is 21.2 Å². The molecule has 3 N–H and O–H groups in total. The number of aliphatic carboxylic acids is 1. The van der Waals surface area contributed by atoms with Crippen LogP contribution >= 0.6 is 0 Å². The van der Waals surface area contributed by atoms with E-state index < -0.39 is 22.2 Å². The number of nitrogens with one attached hydrogen (secondary N) is 2. The van der Waals surface area contributed by atoms with Gasteiger partial charge in [0.15, 0.2) is 0 Å². The lowest BCUT2D eigenvalue weighted by Gasteiger charge is -2.31. The molecule has 0 unspecified atom stereocenters. The molecule has 2 aromatic rings. The summed E-state index contributed by atoms with van der Waals surface area (Å²) in [5.41, 5.74) is 2.74. The number of aryl methyl sites for hydroxylation is 1. The molecule has 13 heteroatoms. The highest BCUT2D eigenvalue weighted by molar-refractivity contribution is 7.92. The average Bonchev–Trinajstić information content (AvgIpc) is 2.84. The number of amides is 1. The zero-order chi connectivity index (χ0) is 27.8. The van der Waals surface area contributed by atoms with Crippen molar-refractivity contribution in [3.8, 4) is 0 Å². The van der Waals surface area contributed by atoms with Crippen LogP contribution in [0.4, 0.5) is 24.5 Å². The van der Waals surface area contributed by atoms with Crippen molar-refractivity contribution in [2.24, 2.45) is 0 Å². The summed E-state index contributed by atoms with van der Waals surface area (Å²) in [4.78, 5) is 25.2. The van der Waals surface area contributed by atoms with Crippen molar-refractivity contribution in [1.82, 2.24) is 10.2 Å². The second-order valence-corrected chi connectivity index (χ2v) is 10.2. The Morgan fingerprint density at radius 1 is 1.08 bits per heavy atom. The topological polar surface area (TPSA) is 119 Å². The van der Waals surface area contributed by atoms with Crippen LogP contribution in [0.1, 0.15) is 29.3 Å². The number of benzene rings is 2. The minimum Gasteiger partial charge on any atom is -0.475 e. The Hall–Kier alpha value is -3.32. The quantitative estimate of drug-likeness (QED) is 0.490. The number of carboxylic acid groups (broad SMARTS) is 1. The Morgan fingerprint density at radius 3 is 2.14 bits per heavy atom. The maximum atomic E-state index is 13.1. The molecule has 0 spiro atoms. The van der Waals surface area contributed by atoms with Gasteiger partial charge in [-0.15, -0.1) is 0 Å². The van der Waals surface area contributed by atoms with E-state index >= 15 is 0 Å². The summed E-state index contributed by atoms with van der Waals surface area (Å²) in [6, 6.07) is 12.2. The van der Waals surface area contributed by atoms with Crippen LogP contribution in [0.3, 0.4) is 0 Å². The van der Waals surface area contributed by atoms with Gasteiger partial charge in [-0.3, -0.25) is 9.52 Å². The Labute approximate surface area is 214 Å². The van der Waals surface area contributed by atoms with Crippen molar-refractivity contribution in [1.29, 1.82) is 0 Å². The number of anilines is 2. The number of carboxylic acids is 1. The van der Waals surface area contributed by atoms with Crippen LogP contribution in [-0.4, -0.2) is 76.8 Å². The van der Waals surface area contributed by atoms with Gasteiger partial charge < -0.3 is 20.2 Å². The van der Waals surface area contributed by atoms with Crippen molar-refractivity contribution in [3.05, 3.63) is 53.6 Å². The molecule has 0 atom stereocenters. The van der Waals surface area contributed by atoms with Crippen molar-refractivity contribution in [3.63, 3.8) is 0 Å². The lowest BCUT2D eigenvalue weighted by Crippen LogP contribution is -2.43. The van der Waals surface area contributed by atoms with Gasteiger partial charge in [-0.25, -0.2) is 13.2 Å². The van der Waals surface area contributed by atoms with E-state index in [0.29, 0.717) is 11.3 Å². The molecule has 1 aliphatic heterocycles. The first-order valence-corrected chi connectivity index (χ1v) is 13.0. The third-order valence-corrected chi connectivity index (χ3v) is 6.75. The zero-order valence-electron chi connectivity index (χ0n) is 20.8. The average molecular weight is 545 g/mol. The third kappa shape index (κ3) is 8.64. The number of hydrogen-bond donors (Lipinski definition) is 3. The highest BCUT2D eigenvalue weighted by Gasteiger charge is 2.38. The fourth-order valence-corrected chi connectivity index (χ4v) is 4.58. The number of carbonyl (C=O) groups excluding carboxylic acids is 1. The molecule has 2 aromatic carbocycles. The van der Waals surface area contributed by atoms with Crippen molar-refractivity contribution in [2.75, 3.05) is 49.9 Å². The summed E-state index contributed by atoms with van der Waals surface area (Å²) >= 11 is 0. The van der Waals surface area contributed by atoms with Crippen molar-refractivity contribution in [2.45, 2.75) is 30.8 Å². The molecule has 0 aliphatic carbocycles. The molecule has 0 bridgehead atoms. The molecule has 9 nitrogen and oxygen atoms in total. The van der Waals surface area contributed by atoms with Gasteiger partial charge in [0.1, 0.15) is 0 Å². The molecule has 0 radical (unpaired) electrons. The Balaban J connectivity index is 0.000000604. The second-order valence-electron chi connectivity index (χ2n) is 8.47. The second kappa shape index (κ2) is 12.8. The predicted molar refractivity (Wildman–Crippen MR) is 134 cm³/mol. The molecular weight excluding hydrogens is 513 g/mol. The first kappa shape index (κ1) is 29.9. The summed E-state index contributed by atoms with van der Waals surface area (Å²) in [6.45, 7) is 5.27. The van der Waals surface area contributed by atoms with Crippen LogP contribution in [0.15, 0.2) is 47.4 Å². The largest absolute Gasteiger partial charge is 0.490 e. The molecule has 0 aromatic heterocycles. The fraction of sp³-hybridized carbons (Fsp3) is 0.417. The maximum Gasteiger partial charge on any atom is 0.490 e. The number of nitrogens with zero attached hydrogens (tertiary/aromatic N) is 2. The van der Waals surface area contributed by atoms with Crippen molar-refractivity contribution < 1.29 is 36.3 Å². The molecule has 1 aliphatic rings. The Morgan fingerprint density at radius 2 is 1.65 bits per heavy atom. The molecule has 1 saturated heterocycles. The Bertz CT molecular complexity index is 1180. The molecule has 1 fully saturated rings. The highest BCUT2D eigenvalue weighted by Crippen LogP contribution is 2.30. The normalized spacial score (nSPS) is 13.8. The van der Waals surface area contributed by atoms with E-state index in [2.05, 4.69) is 21.9 Å². The van der Waals surface area contributed by atoms with E-state index in [4.69, 9.17) is 9.90 Å². The molecule has 204 valence electrons. The van der Waals surface area contributed by atoms with Crippen LogP contribution in [0, 0.1) is 0 Å². The van der Waals surface area contributed by atoms with Crippen LogP contribution in [0.5, 0.6) is 0 Å². The first-order chi connectivity index (χ1) is 17.3. The number of alkyl halides is 3. The smallest absolute Gasteiger partial charge is 0.475 e. The zero-order valence-corrected chi connectivity index (χ0v) is 21.6. The summed E-state index contributed by atoms with van der Waals surface area (Å²) in [5, 5.41) is 10.4. The van der Waals surface area contributed by atoms with Crippen LogP contribution in [0.2, 0.25) is 0 Å². The molecule has 3 rings (SSSR count). The first-order valence-electron chi connectivity index (χ1n) is 11.5. The van der Waals surface area contributed by atoms with Gasteiger partial charge >= 0.3 is 12.1 Å². The van der Waals surface area contributed by atoms with Gasteiger partial charge in [0.25, 0.3) is 15.9 Å². The summed E-state index contributed by atoms with van der Waals surface area (Å²) in [5.74, 6) is -2.93. The van der Waals surface area contributed by atoms with E-state index in [1.807, 2.05) is 18.2 Å². The monoisotopic (exact) mass is 544 g/mol. The van der Waals surface area contributed by atoms with E-state index in [1.165, 1.54) is 4.90 Å². The van der Waals surface area contributed by atoms with Gasteiger partial charge in [-0.05, 0) is 42.3 Å². The summed E-state index contributed by atoms with van der Waals surface area (Å²) in [6.07, 6.45) is -3.17. The van der Waals surface area contributed by atoms with Gasteiger partial charge in [-0.2, -0.15) is 13.2 Å². The molecular formula is C24H31F3N4O5S. The number of rotatable bonds is 7. The number of halogens is 3. The van der Waals surface area contributed by atoms with E-state index in [1.54, 1.807) is 38.4 Å². The highest BCUT2D eigenvalue weighted by atomic mass is 32.2. The predicted octanol–water partition coefficient (Wildman–Crippen LogP) is 3.18. The summed E-state index contributed by atoms with van der Waals surface area (Å²) < 4.78 is 60.6. The standard InChI is InChI=1S/C22H30N4O3S.C2HF3O2/c1-4-5-17-6-9-19(10-7-17)30(28,29)24-20-16-18(22(27)25(2)3)8-11-21(20)26-14-12-23-13-15-26;3-2(4,5)1(6)7/h6-11,16,23-24H,4-5,12-15H2,1-3H3;(H,6,7). The number of carbonyl (C=O) groups is 2. The van der Waals surface area contributed by atoms with E-state index in [-0.39, 0.29) is 10.8 Å². The number of sulfonamides is 1. The minimum atomic E-state index is -5.08. The number of hydrogen-bond acceptors (Lipinski definition) is 6. The maximum absolute atomic E-state index is 13.1. The summed E-state index contributed by atoms with van der Waals surface area (Å²) in [7, 11) is -0.436. The molecule has 0 saturated carbocycles. The third-order valence-electron chi connectivity index (χ3n) is 5.37. The molecule has 1 heterocycles. The SMILES string of the molecule is CCCc1ccc(S(=O)(=O)Nc2cc(C(=O)N(C)C)ccc2N2CCNCC2)cc1.O=C(O)C(F)(F)F. The Kier molecular flexibility index (Phi) is 10.3. The van der Waals surface area contributed by atoms with E-state index in [0.717, 1.165) is 50.3 Å². The lowest BCUT2D eigenvalue weighted by molar-refractivity contribution is -0.192. The van der Waals surface area contributed by atoms with Gasteiger partial charge in [0.05, 0.1) is 16.3 Å². The van der Waals surface area contributed by atoms with Crippen LogP contribution < -0.4 is 14.9 Å². The van der Waals surface area contributed by atoms with Crippen molar-refractivity contribution >= 4 is 33.3 Å². The fourth-order valence-electron chi connectivity index (χ4n) is 3.52. The van der Waals surface area contributed by atoms with E-state index in [9.17, 15) is 26.4 Å². The van der Waals surface area contributed by atoms with Gasteiger partial charge in [-0.1, -0.05) is 25.5 Å². The minimum absolute atomic E-state index is 0.175. The van der Waals surface area contributed by atoms with Crippen LogP contribution in [0.25, 0.3) is 0 Å². The van der Waals surface area contributed by atoms with Gasteiger partial charge in [0, 0.05) is 45.8 Å². The molecule has 1 amide bonds. The lowest BCUT2D eigenvalue weighted by atomic mass is 10.1. The molecule has 37 heavy (non-hydrogen) atoms. The van der Waals surface area contributed by atoms with Gasteiger partial charge in [0.2, 0.25) is 0 Å².